The molecule has 1 aromatic heterocycles. The van der Waals surface area contributed by atoms with Gasteiger partial charge in [-0.3, -0.25) is 14.7 Å². The Morgan fingerprint density at radius 2 is 2.09 bits per heavy atom. The Morgan fingerprint density at radius 1 is 1.27 bits per heavy atom. The van der Waals surface area contributed by atoms with Gasteiger partial charge in [-0.25, -0.2) is 8.78 Å². The first-order valence-electron chi connectivity index (χ1n) is 6.19. The molecule has 1 saturated heterocycles. The van der Waals surface area contributed by atoms with Gasteiger partial charge in [-0.15, -0.1) is 0 Å². The van der Waals surface area contributed by atoms with Gasteiger partial charge < -0.3 is 0 Å². The van der Waals surface area contributed by atoms with Crippen molar-refractivity contribution < 1.29 is 13.6 Å². The number of thioether (sulfide) groups is 1. The first-order valence-corrected chi connectivity index (χ1v) is 7.42. The second-order valence-electron chi connectivity index (χ2n) is 4.39. The zero-order valence-electron chi connectivity index (χ0n) is 11.0. The lowest BCUT2D eigenvalue weighted by molar-refractivity contribution is -0.113. The number of hydrogen-bond donors (Lipinski definition) is 0. The molecule has 0 N–H and O–H groups in total. The second-order valence-corrected chi connectivity index (χ2v) is 6.07. The highest BCUT2D eigenvalue weighted by Crippen LogP contribution is 2.35. The minimum absolute atomic E-state index is 0.00619. The fourth-order valence-corrected chi connectivity index (χ4v) is 3.23. The molecule has 0 bridgehead atoms. The number of halogens is 2. The highest BCUT2D eigenvalue weighted by Gasteiger charge is 2.33. The predicted octanol–water partition coefficient (Wildman–Crippen LogP) is 3.77. The maximum Gasteiger partial charge on any atom is 0.270 e. The van der Waals surface area contributed by atoms with E-state index in [0.29, 0.717) is 10.0 Å². The number of anilines is 1. The minimum Gasteiger partial charge on any atom is -0.268 e. The van der Waals surface area contributed by atoms with Crippen molar-refractivity contribution in [3.05, 3.63) is 64.8 Å². The Balaban J connectivity index is 1.97. The summed E-state index contributed by atoms with van der Waals surface area (Å²) in [6.07, 6.45) is 4.39. The van der Waals surface area contributed by atoms with Crippen LogP contribution < -0.4 is 4.90 Å². The molecule has 0 unspecified atom stereocenters. The summed E-state index contributed by atoms with van der Waals surface area (Å²) in [6, 6.07) is 6.45. The summed E-state index contributed by atoms with van der Waals surface area (Å²) >= 11 is 6.22. The SMILES string of the molecule is O=C1C(=Cc2cc(F)ccc2F)SC(=S)N1c1cccnc1. The molecular formula is C15H8F2N2OS2. The standard InChI is InChI=1S/C15H8F2N2OS2/c16-10-3-4-12(17)9(6-10)7-13-14(20)19(15(21)22-13)11-2-1-5-18-8-11/h1-8H. The largest absolute Gasteiger partial charge is 0.270 e. The number of nitrogens with zero attached hydrogens (tertiary/aromatic N) is 2. The van der Waals surface area contributed by atoms with Gasteiger partial charge in [0.1, 0.15) is 11.6 Å². The smallest absolute Gasteiger partial charge is 0.268 e. The van der Waals surface area contributed by atoms with Crippen LogP contribution in [0.2, 0.25) is 0 Å². The van der Waals surface area contributed by atoms with E-state index in [4.69, 9.17) is 12.2 Å². The molecule has 1 aliphatic heterocycles. The van der Waals surface area contributed by atoms with Crippen LogP contribution in [0.1, 0.15) is 5.56 Å². The molecule has 1 aliphatic rings. The van der Waals surface area contributed by atoms with Crippen LogP contribution >= 0.6 is 24.0 Å². The Kier molecular flexibility index (Phi) is 4.00. The van der Waals surface area contributed by atoms with Gasteiger partial charge in [-0.2, -0.15) is 0 Å². The van der Waals surface area contributed by atoms with E-state index in [1.54, 1.807) is 18.3 Å². The maximum atomic E-state index is 13.7. The number of carbonyl (C=O) groups excluding carboxylic acids is 1. The quantitative estimate of drug-likeness (QED) is 0.618. The van der Waals surface area contributed by atoms with E-state index in [1.165, 1.54) is 17.2 Å². The topological polar surface area (TPSA) is 33.2 Å². The van der Waals surface area contributed by atoms with E-state index in [9.17, 15) is 13.6 Å². The van der Waals surface area contributed by atoms with Crippen LogP contribution in [-0.4, -0.2) is 15.2 Å². The van der Waals surface area contributed by atoms with Crippen LogP contribution in [0.4, 0.5) is 14.5 Å². The zero-order chi connectivity index (χ0) is 15.7. The Labute approximate surface area is 134 Å². The van der Waals surface area contributed by atoms with Crippen molar-refractivity contribution >= 4 is 46.0 Å². The van der Waals surface area contributed by atoms with E-state index in [1.807, 2.05) is 0 Å². The highest BCUT2D eigenvalue weighted by molar-refractivity contribution is 8.27. The van der Waals surface area contributed by atoms with Crippen molar-refractivity contribution in [2.75, 3.05) is 4.90 Å². The monoisotopic (exact) mass is 334 g/mol. The number of thiocarbonyl (C=S) groups is 1. The van der Waals surface area contributed by atoms with Crippen LogP contribution in [-0.2, 0) is 4.79 Å². The van der Waals surface area contributed by atoms with Gasteiger partial charge >= 0.3 is 0 Å². The first kappa shape index (κ1) is 14.8. The first-order chi connectivity index (χ1) is 10.6. The van der Waals surface area contributed by atoms with E-state index in [2.05, 4.69) is 4.98 Å². The number of rotatable bonds is 2. The number of amides is 1. The van der Waals surface area contributed by atoms with Gasteiger partial charge in [0.2, 0.25) is 0 Å². The third-order valence-electron chi connectivity index (χ3n) is 2.94. The Morgan fingerprint density at radius 3 is 2.82 bits per heavy atom. The molecule has 7 heteroatoms. The normalized spacial score (nSPS) is 16.6. The maximum absolute atomic E-state index is 13.7. The number of pyridine rings is 1. The van der Waals surface area contributed by atoms with Crippen molar-refractivity contribution in [2.24, 2.45) is 0 Å². The van der Waals surface area contributed by atoms with E-state index < -0.39 is 11.6 Å². The average molecular weight is 334 g/mol. The van der Waals surface area contributed by atoms with Crippen LogP contribution in [0, 0.1) is 11.6 Å². The van der Waals surface area contributed by atoms with Gasteiger partial charge in [-0.1, -0.05) is 24.0 Å². The molecule has 1 amide bonds. The molecule has 0 radical (unpaired) electrons. The fraction of sp³-hybridized carbons (Fsp3) is 0. The number of carbonyl (C=O) groups is 1. The summed E-state index contributed by atoms with van der Waals surface area (Å²) in [6.45, 7) is 0. The van der Waals surface area contributed by atoms with Crippen LogP contribution in [0.3, 0.4) is 0 Å². The van der Waals surface area contributed by atoms with Gasteiger partial charge in [0, 0.05) is 11.8 Å². The third kappa shape index (κ3) is 2.77. The average Bonchev–Trinajstić information content (AvgIpc) is 2.78. The van der Waals surface area contributed by atoms with E-state index >= 15 is 0 Å². The summed E-state index contributed by atoms with van der Waals surface area (Å²) in [5, 5.41) is 0. The van der Waals surface area contributed by atoms with Crippen LogP contribution in [0.5, 0.6) is 0 Å². The Hall–Kier alpha value is -2.12. The van der Waals surface area contributed by atoms with E-state index in [-0.39, 0.29) is 16.4 Å². The van der Waals surface area contributed by atoms with Crippen molar-refractivity contribution in [2.45, 2.75) is 0 Å². The van der Waals surface area contributed by atoms with Crippen molar-refractivity contribution in [3.8, 4) is 0 Å². The van der Waals surface area contributed by atoms with Crippen LogP contribution in [0.25, 0.3) is 6.08 Å². The van der Waals surface area contributed by atoms with Gasteiger partial charge in [0.05, 0.1) is 16.8 Å². The summed E-state index contributed by atoms with van der Waals surface area (Å²) < 4.78 is 27.2. The molecule has 0 atom stereocenters. The molecule has 3 rings (SSSR count). The Bertz CT molecular complexity index is 793. The third-order valence-corrected chi connectivity index (χ3v) is 4.24. The molecular weight excluding hydrogens is 326 g/mol. The van der Waals surface area contributed by atoms with Gasteiger partial charge in [0.25, 0.3) is 5.91 Å². The molecule has 2 aromatic rings. The molecule has 1 fully saturated rings. The van der Waals surface area contributed by atoms with Crippen molar-refractivity contribution in [1.82, 2.24) is 4.98 Å². The second kappa shape index (κ2) is 5.94. The van der Waals surface area contributed by atoms with Crippen molar-refractivity contribution in [1.29, 1.82) is 0 Å². The minimum atomic E-state index is -0.604. The lowest BCUT2D eigenvalue weighted by Gasteiger charge is -2.13. The molecule has 0 aliphatic carbocycles. The molecule has 110 valence electrons. The summed E-state index contributed by atoms with van der Waals surface area (Å²) in [5.41, 5.74) is 0.541. The zero-order valence-corrected chi connectivity index (χ0v) is 12.6. The predicted molar refractivity (Wildman–Crippen MR) is 86.2 cm³/mol. The summed E-state index contributed by atoms with van der Waals surface area (Å²) in [5.74, 6) is -1.56. The molecule has 3 nitrogen and oxygen atoms in total. The van der Waals surface area contributed by atoms with E-state index in [0.717, 1.165) is 30.0 Å². The summed E-state index contributed by atoms with van der Waals surface area (Å²) in [7, 11) is 0. The lowest BCUT2D eigenvalue weighted by Crippen LogP contribution is -2.27. The summed E-state index contributed by atoms with van der Waals surface area (Å²) in [4.78, 5) is 17.9. The number of benzene rings is 1. The molecule has 0 saturated carbocycles. The molecule has 1 aromatic carbocycles. The fourth-order valence-electron chi connectivity index (χ4n) is 1.94. The van der Waals surface area contributed by atoms with Crippen molar-refractivity contribution in [3.63, 3.8) is 0 Å². The highest BCUT2D eigenvalue weighted by atomic mass is 32.2. The van der Waals surface area contributed by atoms with Gasteiger partial charge in [-0.05, 0) is 36.4 Å². The van der Waals surface area contributed by atoms with Crippen LogP contribution in [0.15, 0.2) is 47.6 Å². The molecule has 2 heterocycles. The number of hydrogen-bond acceptors (Lipinski definition) is 4. The lowest BCUT2D eigenvalue weighted by atomic mass is 10.2. The molecule has 22 heavy (non-hydrogen) atoms. The number of aromatic nitrogens is 1. The molecule has 0 spiro atoms. The van der Waals surface area contributed by atoms with Gasteiger partial charge in [0.15, 0.2) is 4.32 Å².